The molecule has 0 fully saturated rings. The molecule has 0 aliphatic carbocycles. The zero-order valence-electron chi connectivity index (χ0n) is 6.54. The van der Waals surface area contributed by atoms with Crippen LogP contribution >= 0.6 is 0 Å². The van der Waals surface area contributed by atoms with Crippen LogP contribution in [0.4, 0.5) is 0 Å². The summed E-state index contributed by atoms with van der Waals surface area (Å²) in [4.78, 5) is 10.2. The molecule has 1 unspecified atom stereocenters. The van der Waals surface area contributed by atoms with E-state index in [1.54, 1.807) is 13.0 Å². The van der Waals surface area contributed by atoms with E-state index in [1.165, 1.54) is 0 Å². The molecule has 0 aliphatic heterocycles. The normalized spacial score (nSPS) is 12.1. The molecule has 1 atom stereocenters. The zero-order chi connectivity index (χ0) is 8.85. The van der Waals surface area contributed by atoms with Crippen LogP contribution in [0.5, 0.6) is 0 Å². The van der Waals surface area contributed by atoms with E-state index < -0.39 is 5.97 Å². The van der Waals surface area contributed by atoms with E-state index in [2.05, 4.69) is 13.2 Å². The molecular weight excluding hydrogens is 144 g/mol. The van der Waals surface area contributed by atoms with Gasteiger partial charge in [-0.05, 0) is 6.92 Å². The Morgan fingerprint density at radius 1 is 1.82 bits per heavy atom. The summed E-state index contributed by atoms with van der Waals surface area (Å²) in [6.07, 6.45) is 1.46. The van der Waals surface area contributed by atoms with Crippen LogP contribution in [0.2, 0.25) is 0 Å². The number of ether oxygens (including phenoxy) is 1. The minimum absolute atomic E-state index is 0.0442. The smallest absolute Gasteiger partial charge is 0.333 e. The average molecular weight is 156 g/mol. The highest BCUT2D eigenvalue weighted by molar-refractivity contribution is 5.85. The van der Waals surface area contributed by atoms with E-state index in [0.717, 1.165) is 0 Å². The van der Waals surface area contributed by atoms with Crippen LogP contribution in [0, 0.1) is 0 Å². The highest BCUT2D eigenvalue weighted by Gasteiger charge is 2.04. The number of hydrogen-bond donors (Lipinski definition) is 1. The number of aliphatic carboxylic acids is 1. The number of carbonyl (C=O) groups is 1. The van der Waals surface area contributed by atoms with E-state index >= 15 is 0 Å². The summed E-state index contributed by atoms with van der Waals surface area (Å²) in [5.74, 6) is -1.03. The lowest BCUT2D eigenvalue weighted by Gasteiger charge is -2.06. The van der Waals surface area contributed by atoms with Gasteiger partial charge in [-0.1, -0.05) is 12.7 Å². The molecular formula is C8H12O3. The molecule has 0 saturated heterocycles. The summed E-state index contributed by atoms with van der Waals surface area (Å²) in [6.45, 7) is 8.61. The maximum Gasteiger partial charge on any atom is 0.333 e. The lowest BCUT2D eigenvalue weighted by atomic mass is 10.3. The number of hydrogen-bond acceptors (Lipinski definition) is 2. The van der Waals surface area contributed by atoms with Crippen molar-refractivity contribution in [3.05, 3.63) is 24.8 Å². The molecule has 0 aromatic heterocycles. The third-order valence-electron chi connectivity index (χ3n) is 1.15. The summed E-state index contributed by atoms with van der Waals surface area (Å²) < 4.78 is 5.02. The Hall–Kier alpha value is -1.09. The second-order valence-corrected chi connectivity index (χ2v) is 2.16. The molecule has 1 N–H and O–H groups in total. The van der Waals surface area contributed by atoms with Crippen LogP contribution < -0.4 is 0 Å². The largest absolute Gasteiger partial charge is 0.478 e. The molecule has 0 radical (unpaired) electrons. The van der Waals surface area contributed by atoms with Gasteiger partial charge >= 0.3 is 5.97 Å². The van der Waals surface area contributed by atoms with Crippen molar-refractivity contribution in [2.24, 2.45) is 0 Å². The molecule has 0 aromatic carbocycles. The van der Waals surface area contributed by atoms with Gasteiger partial charge in [0, 0.05) is 0 Å². The van der Waals surface area contributed by atoms with Crippen molar-refractivity contribution in [2.45, 2.75) is 13.0 Å². The van der Waals surface area contributed by atoms with Crippen molar-refractivity contribution in [1.82, 2.24) is 0 Å². The summed E-state index contributed by atoms with van der Waals surface area (Å²) in [6, 6.07) is 0. The highest BCUT2D eigenvalue weighted by Crippen LogP contribution is 1.96. The summed E-state index contributed by atoms with van der Waals surface area (Å²) >= 11 is 0. The van der Waals surface area contributed by atoms with Gasteiger partial charge in [0.05, 0.1) is 18.3 Å². The van der Waals surface area contributed by atoms with E-state index in [1.807, 2.05) is 0 Å². The SMILES string of the molecule is C=CC(C)OCC(=C)C(=O)O. The Morgan fingerprint density at radius 3 is 2.73 bits per heavy atom. The van der Waals surface area contributed by atoms with Crippen molar-refractivity contribution < 1.29 is 14.6 Å². The Kier molecular flexibility index (Phi) is 4.22. The molecule has 0 aliphatic rings. The Balaban J connectivity index is 3.62. The van der Waals surface area contributed by atoms with Gasteiger partial charge in [0.25, 0.3) is 0 Å². The predicted molar refractivity (Wildman–Crippen MR) is 42.4 cm³/mol. The van der Waals surface area contributed by atoms with Gasteiger partial charge in [-0.2, -0.15) is 0 Å². The first kappa shape index (κ1) is 9.91. The van der Waals surface area contributed by atoms with Gasteiger partial charge in [0.15, 0.2) is 0 Å². The van der Waals surface area contributed by atoms with Crippen LogP contribution in [0.1, 0.15) is 6.92 Å². The fourth-order valence-electron chi connectivity index (χ4n) is 0.362. The molecule has 11 heavy (non-hydrogen) atoms. The molecule has 0 saturated carbocycles. The fraction of sp³-hybridized carbons (Fsp3) is 0.375. The third kappa shape index (κ3) is 4.33. The van der Waals surface area contributed by atoms with Crippen molar-refractivity contribution in [3.63, 3.8) is 0 Å². The highest BCUT2D eigenvalue weighted by atomic mass is 16.5. The molecule has 0 bridgehead atoms. The van der Waals surface area contributed by atoms with Crippen LogP contribution in [0.15, 0.2) is 24.8 Å². The van der Waals surface area contributed by atoms with Gasteiger partial charge in [-0.25, -0.2) is 4.79 Å². The summed E-state index contributed by atoms with van der Waals surface area (Å²) in [7, 11) is 0. The van der Waals surface area contributed by atoms with Crippen molar-refractivity contribution in [1.29, 1.82) is 0 Å². The second kappa shape index (κ2) is 4.68. The maximum atomic E-state index is 10.2. The Bertz CT molecular complexity index is 172. The van der Waals surface area contributed by atoms with Gasteiger partial charge < -0.3 is 9.84 Å². The van der Waals surface area contributed by atoms with Gasteiger partial charge in [0.2, 0.25) is 0 Å². The standard InChI is InChI=1S/C8H12O3/c1-4-7(3)11-5-6(2)8(9)10/h4,7H,1-2,5H2,3H3,(H,9,10). The minimum Gasteiger partial charge on any atom is -0.478 e. The van der Waals surface area contributed by atoms with Crippen molar-refractivity contribution >= 4 is 5.97 Å². The fourth-order valence-corrected chi connectivity index (χ4v) is 0.362. The van der Waals surface area contributed by atoms with Crippen molar-refractivity contribution in [3.8, 4) is 0 Å². The Labute approximate surface area is 66.0 Å². The predicted octanol–water partition coefficient (Wildman–Crippen LogP) is 1.22. The monoisotopic (exact) mass is 156 g/mol. The van der Waals surface area contributed by atoms with E-state index in [9.17, 15) is 4.79 Å². The lowest BCUT2D eigenvalue weighted by Crippen LogP contribution is -2.11. The summed E-state index contributed by atoms with van der Waals surface area (Å²) in [5, 5.41) is 8.36. The van der Waals surface area contributed by atoms with Crippen LogP contribution in [0.25, 0.3) is 0 Å². The topological polar surface area (TPSA) is 46.5 Å². The van der Waals surface area contributed by atoms with Gasteiger partial charge in [-0.15, -0.1) is 6.58 Å². The first-order valence-corrected chi connectivity index (χ1v) is 3.23. The first-order valence-electron chi connectivity index (χ1n) is 3.23. The molecule has 0 aromatic rings. The number of carboxylic acids is 1. The molecule has 0 spiro atoms. The third-order valence-corrected chi connectivity index (χ3v) is 1.15. The molecule has 0 rings (SSSR count). The Morgan fingerprint density at radius 2 is 2.36 bits per heavy atom. The first-order chi connectivity index (χ1) is 5.07. The lowest BCUT2D eigenvalue weighted by molar-refractivity contribution is -0.133. The maximum absolute atomic E-state index is 10.2. The molecule has 3 nitrogen and oxygen atoms in total. The second-order valence-electron chi connectivity index (χ2n) is 2.16. The van der Waals surface area contributed by atoms with Gasteiger partial charge in [-0.3, -0.25) is 0 Å². The summed E-state index contributed by atoms with van der Waals surface area (Å²) in [5.41, 5.74) is 0.0544. The van der Waals surface area contributed by atoms with Crippen LogP contribution in [-0.2, 0) is 9.53 Å². The molecule has 3 heteroatoms. The van der Waals surface area contributed by atoms with Gasteiger partial charge in [0.1, 0.15) is 0 Å². The van der Waals surface area contributed by atoms with E-state index in [4.69, 9.17) is 9.84 Å². The number of rotatable bonds is 5. The van der Waals surface area contributed by atoms with E-state index in [0.29, 0.717) is 0 Å². The molecule has 0 heterocycles. The van der Waals surface area contributed by atoms with Crippen molar-refractivity contribution in [2.75, 3.05) is 6.61 Å². The molecule has 62 valence electrons. The molecule has 0 amide bonds. The zero-order valence-corrected chi connectivity index (χ0v) is 6.54. The minimum atomic E-state index is -1.03. The van der Waals surface area contributed by atoms with Crippen LogP contribution in [0.3, 0.4) is 0 Å². The quantitative estimate of drug-likeness (QED) is 0.481. The van der Waals surface area contributed by atoms with E-state index in [-0.39, 0.29) is 18.3 Å². The number of carboxylic acid groups (broad SMARTS) is 1. The average Bonchev–Trinajstić information content (AvgIpc) is 1.99. The van der Waals surface area contributed by atoms with Crippen LogP contribution in [-0.4, -0.2) is 23.8 Å².